The van der Waals surface area contributed by atoms with E-state index in [9.17, 15) is 18.0 Å². The molecule has 2 fully saturated rings. The number of hydrogen-bond acceptors (Lipinski definition) is 6. The van der Waals surface area contributed by atoms with Gasteiger partial charge in [-0.3, -0.25) is 9.58 Å². The highest BCUT2D eigenvalue weighted by atomic mass is 32.2. The largest absolute Gasteiger partial charge is 0.435 e. The van der Waals surface area contributed by atoms with Gasteiger partial charge in [-0.25, -0.2) is 4.98 Å². The smallest absolute Gasteiger partial charge is 0.302 e. The summed E-state index contributed by atoms with van der Waals surface area (Å²) in [5.74, 6) is 1.37. The van der Waals surface area contributed by atoms with Crippen LogP contribution in [-0.4, -0.2) is 50.3 Å². The van der Waals surface area contributed by atoms with Crippen molar-refractivity contribution in [2.45, 2.75) is 87.6 Å². The molecule has 2 aromatic rings. The van der Waals surface area contributed by atoms with Crippen molar-refractivity contribution in [2.75, 3.05) is 13.1 Å². The Bertz CT molecular complexity index is 915. The second-order valence-corrected chi connectivity index (χ2v) is 11.3. The molecule has 2 aromatic heterocycles. The summed E-state index contributed by atoms with van der Waals surface area (Å²) < 4.78 is 40.1. The molecule has 1 atom stereocenters. The van der Waals surface area contributed by atoms with E-state index in [1.165, 1.54) is 47.5 Å². The summed E-state index contributed by atoms with van der Waals surface area (Å²) in [4.78, 5) is 18.7. The molecule has 0 spiro atoms. The van der Waals surface area contributed by atoms with Crippen LogP contribution in [0.3, 0.4) is 0 Å². The maximum atomic E-state index is 12.9. The Morgan fingerprint density at radius 1 is 1.21 bits per heavy atom. The fourth-order valence-corrected chi connectivity index (χ4v) is 7.06. The van der Waals surface area contributed by atoms with Crippen LogP contribution in [0.5, 0.6) is 0 Å². The van der Waals surface area contributed by atoms with Gasteiger partial charge in [-0.05, 0) is 51.8 Å². The van der Waals surface area contributed by atoms with E-state index in [0.29, 0.717) is 11.6 Å². The third-order valence-electron chi connectivity index (χ3n) is 6.73. The van der Waals surface area contributed by atoms with Gasteiger partial charge in [0, 0.05) is 28.0 Å². The number of nitrogens with zero attached hydrogens (tertiary/aromatic N) is 4. The quantitative estimate of drug-likeness (QED) is 0.437. The number of aryl methyl sites for hydroxylation is 1. The van der Waals surface area contributed by atoms with Gasteiger partial charge in [0.25, 0.3) is 0 Å². The highest BCUT2D eigenvalue weighted by Crippen LogP contribution is 2.34. The average molecular weight is 501 g/mol. The van der Waals surface area contributed by atoms with Crippen molar-refractivity contribution in [3.05, 3.63) is 33.5 Å². The Morgan fingerprint density at radius 3 is 2.58 bits per heavy atom. The second kappa shape index (κ2) is 10.9. The number of alkyl halides is 3. The van der Waals surface area contributed by atoms with Crippen LogP contribution in [0.2, 0.25) is 0 Å². The summed E-state index contributed by atoms with van der Waals surface area (Å²) in [6.07, 6.45) is 4.88. The normalized spacial score (nSPS) is 20.2. The van der Waals surface area contributed by atoms with Gasteiger partial charge in [0.2, 0.25) is 0 Å². The van der Waals surface area contributed by atoms with E-state index < -0.39 is 17.9 Å². The Labute approximate surface area is 201 Å². The van der Waals surface area contributed by atoms with Crippen molar-refractivity contribution in [1.29, 1.82) is 0 Å². The Hall–Kier alpha value is -1.39. The van der Waals surface area contributed by atoms with Gasteiger partial charge in [-0.1, -0.05) is 19.3 Å². The minimum absolute atomic E-state index is 0.135. The van der Waals surface area contributed by atoms with Gasteiger partial charge in [-0.15, -0.1) is 11.3 Å². The maximum absolute atomic E-state index is 12.9. The molecule has 0 radical (unpaired) electrons. The SMILES string of the molecule is Cc1cc(C(F)(F)F)nn1CC(C=O)N1CCC(c2nc(CSC3CCCCC3)cs2)CC1. The molecule has 1 aliphatic heterocycles. The zero-order valence-corrected chi connectivity index (χ0v) is 20.5. The molecule has 1 saturated heterocycles. The zero-order valence-electron chi connectivity index (χ0n) is 18.9. The predicted octanol–water partition coefficient (Wildman–Crippen LogP) is 5.68. The number of carbonyl (C=O) groups is 1. The summed E-state index contributed by atoms with van der Waals surface area (Å²) in [7, 11) is 0. The standard InChI is InChI=1S/C23H31F3N4OS2/c1-16-11-21(23(24,25)26)28-30(16)12-19(13-31)29-9-7-17(8-10-29)22-27-18(15-33-22)14-32-20-5-3-2-4-6-20/h11,13,15,17,19-20H,2-10,12,14H2,1H3. The van der Waals surface area contributed by atoms with E-state index in [2.05, 4.69) is 15.4 Å². The first-order valence-corrected chi connectivity index (χ1v) is 13.6. The molecule has 1 saturated carbocycles. The number of aldehydes is 1. The molecule has 0 N–H and O–H groups in total. The van der Waals surface area contributed by atoms with Gasteiger partial charge < -0.3 is 4.79 Å². The fraction of sp³-hybridized carbons (Fsp3) is 0.696. The van der Waals surface area contributed by atoms with Gasteiger partial charge in [-0.2, -0.15) is 30.0 Å². The number of aromatic nitrogens is 3. The van der Waals surface area contributed by atoms with Crippen molar-refractivity contribution in [1.82, 2.24) is 19.7 Å². The van der Waals surface area contributed by atoms with E-state index >= 15 is 0 Å². The lowest BCUT2D eigenvalue weighted by molar-refractivity contribution is -0.141. The van der Waals surface area contributed by atoms with Crippen LogP contribution in [0, 0.1) is 6.92 Å². The Morgan fingerprint density at radius 2 is 1.94 bits per heavy atom. The number of thiazole rings is 1. The lowest BCUT2D eigenvalue weighted by atomic mass is 9.96. The minimum Gasteiger partial charge on any atom is -0.302 e. The van der Waals surface area contributed by atoms with Crippen molar-refractivity contribution in [2.24, 2.45) is 0 Å². The Kier molecular flexibility index (Phi) is 8.17. The number of halogens is 3. The molecule has 1 unspecified atom stereocenters. The first-order valence-electron chi connectivity index (χ1n) is 11.7. The molecule has 0 bridgehead atoms. The van der Waals surface area contributed by atoms with E-state index in [1.807, 2.05) is 11.8 Å². The molecule has 33 heavy (non-hydrogen) atoms. The number of hydrogen-bond donors (Lipinski definition) is 0. The second-order valence-electron chi connectivity index (χ2n) is 9.11. The third kappa shape index (κ3) is 6.39. The fourth-order valence-electron chi connectivity index (χ4n) is 4.74. The summed E-state index contributed by atoms with van der Waals surface area (Å²) >= 11 is 3.78. The number of rotatable bonds is 8. The van der Waals surface area contributed by atoms with E-state index in [0.717, 1.165) is 49.3 Å². The molecule has 3 heterocycles. The topological polar surface area (TPSA) is 51.0 Å². The van der Waals surface area contributed by atoms with Crippen LogP contribution in [0.15, 0.2) is 11.4 Å². The van der Waals surface area contributed by atoms with E-state index in [4.69, 9.17) is 4.98 Å². The van der Waals surface area contributed by atoms with Crippen LogP contribution >= 0.6 is 23.1 Å². The monoisotopic (exact) mass is 500 g/mol. The molecular formula is C23H31F3N4OS2. The van der Waals surface area contributed by atoms with Gasteiger partial charge in [0.05, 0.1) is 23.3 Å². The first kappa shape index (κ1) is 24.7. The number of piperidine rings is 1. The molecule has 0 aromatic carbocycles. The average Bonchev–Trinajstić information content (AvgIpc) is 3.43. The molecule has 1 aliphatic carbocycles. The summed E-state index contributed by atoms with van der Waals surface area (Å²) in [6.45, 7) is 3.18. The van der Waals surface area contributed by atoms with E-state index in [1.54, 1.807) is 18.3 Å². The summed E-state index contributed by atoms with van der Waals surface area (Å²) in [6, 6.07) is 0.546. The third-order valence-corrected chi connectivity index (χ3v) is 9.19. The molecular weight excluding hydrogens is 469 g/mol. The number of likely N-dealkylation sites (tertiary alicyclic amines) is 1. The van der Waals surface area contributed by atoms with Crippen LogP contribution in [0.1, 0.15) is 73.0 Å². The molecule has 182 valence electrons. The maximum Gasteiger partial charge on any atom is 0.435 e. The van der Waals surface area contributed by atoms with Gasteiger partial charge in [0.1, 0.15) is 6.29 Å². The van der Waals surface area contributed by atoms with Crippen molar-refractivity contribution >= 4 is 29.4 Å². The van der Waals surface area contributed by atoms with Crippen LogP contribution in [-0.2, 0) is 23.3 Å². The Balaban J connectivity index is 1.28. The van der Waals surface area contributed by atoms with Crippen LogP contribution < -0.4 is 0 Å². The lowest BCUT2D eigenvalue weighted by Gasteiger charge is -2.34. The first-order chi connectivity index (χ1) is 15.8. The van der Waals surface area contributed by atoms with Gasteiger partial charge in [0.15, 0.2) is 5.69 Å². The van der Waals surface area contributed by atoms with Crippen molar-refractivity contribution in [3.8, 4) is 0 Å². The van der Waals surface area contributed by atoms with Crippen molar-refractivity contribution < 1.29 is 18.0 Å². The van der Waals surface area contributed by atoms with Crippen LogP contribution in [0.4, 0.5) is 13.2 Å². The predicted molar refractivity (Wildman–Crippen MR) is 126 cm³/mol. The van der Waals surface area contributed by atoms with Crippen LogP contribution in [0.25, 0.3) is 0 Å². The number of carbonyl (C=O) groups excluding carboxylic acids is 1. The highest BCUT2D eigenvalue weighted by molar-refractivity contribution is 7.99. The molecule has 2 aliphatic rings. The highest BCUT2D eigenvalue weighted by Gasteiger charge is 2.35. The number of thioether (sulfide) groups is 1. The minimum atomic E-state index is -4.48. The zero-order chi connectivity index (χ0) is 23.4. The summed E-state index contributed by atoms with van der Waals surface area (Å²) in [5.41, 5.74) is 0.670. The van der Waals surface area contributed by atoms with Crippen molar-refractivity contribution in [3.63, 3.8) is 0 Å². The molecule has 4 rings (SSSR count). The molecule has 10 heteroatoms. The summed E-state index contributed by atoms with van der Waals surface area (Å²) in [5, 5.41) is 7.81. The lowest BCUT2D eigenvalue weighted by Crippen LogP contribution is -2.44. The molecule has 5 nitrogen and oxygen atoms in total. The molecule has 0 amide bonds. The van der Waals surface area contributed by atoms with Gasteiger partial charge >= 0.3 is 6.18 Å². The van der Waals surface area contributed by atoms with E-state index in [-0.39, 0.29) is 6.54 Å².